The molecular weight excluding hydrogens is 146 g/mol. The van der Waals surface area contributed by atoms with E-state index in [4.69, 9.17) is 5.73 Å². The van der Waals surface area contributed by atoms with Crippen LogP contribution in [-0.2, 0) is 0 Å². The summed E-state index contributed by atoms with van der Waals surface area (Å²) in [4.78, 5) is 0. The third-order valence-corrected chi connectivity index (χ3v) is 2.25. The van der Waals surface area contributed by atoms with Crippen LogP contribution in [0.15, 0.2) is 0 Å². The van der Waals surface area contributed by atoms with Gasteiger partial charge < -0.3 is 5.73 Å². The highest BCUT2D eigenvalue weighted by molar-refractivity contribution is 4.81. The highest BCUT2D eigenvalue weighted by Crippen LogP contribution is 2.18. The molecule has 0 aliphatic heterocycles. The van der Waals surface area contributed by atoms with Crippen molar-refractivity contribution in [1.29, 1.82) is 0 Å². The average Bonchev–Trinajstić information content (AvgIpc) is 2.02. The van der Waals surface area contributed by atoms with Crippen LogP contribution in [0.25, 0.3) is 0 Å². The highest BCUT2D eigenvalue weighted by atomic mass is 14.6. The zero-order valence-corrected chi connectivity index (χ0v) is 6.73. The third kappa shape index (κ3) is 6.66. The van der Waals surface area contributed by atoms with E-state index in [0.29, 0.717) is 0 Å². The van der Waals surface area contributed by atoms with Crippen LogP contribution in [0.2, 0.25) is 0 Å². The van der Waals surface area contributed by atoms with Crippen molar-refractivity contribution in [1.82, 2.24) is 0 Å². The molecular formula is C11H26N. The van der Waals surface area contributed by atoms with Gasteiger partial charge in [-0.2, -0.15) is 0 Å². The topological polar surface area (TPSA) is 26.0 Å². The number of nitrogens with two attached hydrogens (primary N) is 1. The summed E-state index contributed by atoms with van der Waals surface area (Å²) >= 11 is 0. The van der Waals surface area contributed by atoms with Crippen molar-refractivity contribution in [3.8, 4) is 0 Å². The van der Waals surface area contributed by atoms with Crippen LogP contribution in [-0.4, -0.2) is 0 Å². The van der Waals surface area contributed by atoms with Gasteiger partial charge in [0.2, 0.25) is 0 Å². The Balaban J connectivity index is 0. The molecule has 0 heterocycles. The standard InChI is InChI=1S/C9H18N.2CH4/c10-9-7-5-3-1-2-4-6-8-9;;/h1-8,10H2;2*1H4. The molecule has 1 rings (SSSR count). The summed E-state index contributed by atoms with van der Waals surface area (Å²) in [5.41, 5.74) is 5.79. The van der Waals surface area contributed by atoms with Crippen molar-refractivity contribution in [3.05, 3.63) is 6.04 Å². The van der Waals surface area contributed by atoms with E-state index in [1.54, 1.807) is 0 Å². The van der Waals surface area contributed by atoms with Crippen molar-refractivity contribution >= 4 is 0 Å². The lowest BCUT2D eigenvalue weighted by molar-refractivity contribution is 0.624. The van der Waals surface area contributed by atoms with Gasteiger partial charge in [0.25, 0.3) is 0 Å². The van der Waals surface area contributed by atoms with E-state index < -0.39 is 0 Å². The monoisotopic (exact) mass is 172 g/mol. The van der Waals surface area contributed by atoms with Crippen LogP contribution < -0.4 is 5.73 Å². The summed E-state index contributed by atoms with van der Waals surface area (Å²) < 4.78 is 0. The third-order valence-electron chi connectivity index (χ3n) is 2.25. The Morgan fingerprint density at radius 2 is 1.00 bits per heavy atom. The summed E-state index contributed by atoms with van der Waals surface area (Å²) in [7, 11) is 0. The van der Waals surface area contributed by atoms with E-state index in [-0.39, 0.29) is 14.9 Å². The van der Waals surface area contributed by atoms with Crippen LogP contribution in [0.3, 0.4) is 0 Å². The maximum absolute atomic E-state index is 5.79. The van der Waals surface area contributed by atoms with Crippen molar-refractivity contribution in [2.75, 3.05) is 0 Å². The fourth-order valence-corrected chi connectivity index (χ4v) is 1.54. The fraction of sp³-hybridized carbons (Fsp3) is 0.909. The molecule has 0 spiro atoms. The second kappa shape index (κ2) is 9.05. The largest absolute Gasteiger partial charge is 0.324 e. The zero-order valence-electron chi connectivity index (χ0n) is 6.73. The molecule has 1 saturated carbocycles. The van der Waals surface area contributed by atoms with Gasteiger partial charge in [-0.15, -0.1) is 0 Å². The molecule has 0 amide bonds. The van der Waals surface area contributed by atoms with Crippen LogP contribution in [0, 0.1) is 6.04 Å². The lowest BCUT2D eigenvalue weighted by Gasteiger charge is -2.06. The maximum atomic E-state index is 5.79. The quantitative estimate of drug-likeness (QED) is 0.589. The van der Waals surface area contributed by atoms with Crippen LogP contribution >= 0.6 is 0 Å². The number of hydrogen-bond donors (Lipinski definition) is 1. The molecule has 12 heavy (non-hydrogen) atoms. The Morgan fingerprint density at radius 1 is 0.667 bits per heavy atom. The van der Waals surface area contributed by atoms with Gasteiger partial charge in [-0.25, -0.2) is 0 Å². The molecule has 0 bridgehead atoms. The molecule has 1 fully saturated rings. The second-order valence-corrected chi connectivity index (χ2v) is 3.28. The fourth-order valence-electron chi connectivity index (χ4n) is 1.54. The van der Waals surface area contributed by atoms with Crippen molar-refractivity contribution in [3.63, 3.8) is 0 Å². The molecule has 1 aliphatic carbocycles. The van der Waals surface area contributed by atoms with Gasteiger partial charge in [0.1, 0.15) is 0 Å². The van der Waals surface area contributed by atoms with E-state index in [2.05, 4.69) is 0 Å². The first-order valence-electron chi connectivity index (χ1n) is 4.50. The van der Waals surface area contributed by atoms with Crippen molar-refractivity contribution in [2.24, 2.45) is 5.73 Å². The first kappa shape index (κ1) is 14.5. The first-order chi connectivity index (χ1) is 4.89. The Bertz CT molecular complexity index is 71.1. The molecule has 2 N–H and O–H groups in total. The smallest absolute Gasteiger partial charge is 0.0336 e. The Labute approximate surface area is 78.7 Å². The lowest BCUT2D eigenvalue weighted by atomic mass is 10.1. The normalized spacial score (nSPS) is 20.8. The molecule has 75 valence electrons. The molecule has 0 aromatic heterocycles. The average molecular weight is 172 g/mol. The molecule has 0 atom stereocenters. The summed E-state index contributed by atoms with van der Waals surface area (Å²) in [6.45, 7) is 0. The summed E-state index contributed by atoms with van der Waals surface area (Å²) in [6.07, 6.45) is 10.6. The molecule has 0 unspecified atom stereocenters. The summed E-state index contributed by atoms with van der Waals surface area (Å²) in [5, 5.41) is 0. The Hall–Kier alpha value is -0.0400. The molecule has 0 aromatic carbocycles. The Kier molecular flexibility index (Phi) is 10.9. The predicted octanol–water partition coefficient (Wildman–Crippen LogP) is 3.88. The minimum absolute atomic E-state index is 0. The van der Waals surface area contributed by atoms with Gasteiger partial charge in [0, 0.05) is 6.04 Å². The van der Waals surface area contributed by atoms with Crippen molar-refractivity contribution < 1.29 is 0 Å². The van der Waals surface area contributed by atoms with Crippen LogP contribution in [0.1, 0.15) is 66.2 Å². The Morgan fingerprint density at radius 3 is 1.42 bits per heavy atom. The summed E-state index contributed by atoms with van der Waals surface area (Å²) in [6, 6.07) is 1.24. The highest BCUT2D eigenvalue weighted by Gasteiger charge is 2.04. The lowest BCUT2D eigenvalue weighted by Crippen LogP contribution is -2.08. The minimum atomic E-state index is 0. The van der Waals surface area contributed by atoms with E-state index in [1.165, 1.54) is 57.4 Å². The molecule has 1 heteroatoms. The van der Waals surface area contributed by atoms with E-state index in [9.17, 15) is 0 Å². The van der Waals surface area contributed by atoms with E-state index >= 15 is 0 Å². The molecule has 1 radical (unpaired) electrons. The molecule has 0 saturated heterocycles. The van der Waals surface area contributed by atoms with Crippen molar-refractivity contribution in [2.45, 2.75) is 66.2 Å². The van der Waals surface area contributed by atoms with E-state index in [0.717, 1.165) is 0 Å². The maximum Gasteiger partial charge on any atom is 0.0336 e. The summed E-state index contributed by atoms with van der Waals surface area (Å²) in [5.74, 6) is 0. The number of hydrogen-bond acceptors (Lipinski definition) is 1. The number of rotatable bonds is 0. The zero-order chi connectivity index (χ0) is 7.23. The molecule has 0 aromatic rings. The predicted molar refractivity (Wildman–Crippen MR) is 57.8 cm³/mol. The van der Waals surface area contributed by atoms with Crippen LogP contribution in [0.4, 0.5) is 0 Å². The minimum Gasteiger partial charge on any atom is -0.324 e. The second-order valence-electron chi connectivity index (χ2n) is 3.28. The molecule has 1 aliphatic rings. The van der Waals surface area contributed by atoms with Gasteiger partial charge in [-0.05, 0) is 12.8 Å². The van der Waals surface area contributed by atoms with Crippen LogP contribution in [0.5, 0.6) is 0 Å². The van der Waals surface area contributed by atoms with Gasteiger partial charge in [-0.3, -0.25) is 0 Å². The van der Waals surface area contributed by atoms with E-state index in [1.807, 2.05) is 0 Å². The first-order valence-corrected chi connectivity index (χ1v) is 4.50. The van der Waals surface area contributed by atoms with Gasteiger partial charge in [0.15, 0.2) is 0 Å². The molecule has 1 nitrogen and oxygen atoms in total. The SMILES string of the molecule is C.C.N[C]1CCCCCCCC1. The van der Waals surface area contributed by atoms with Gasteiger partial charge in [-0.1, -0.05) is 53.4 Å². The van der Waals surface area contributed by atoms with Gasteiger partial charge in [0.05, 0.1) is 0 Å². The van der Waals surface area contributed by atoms with Gasteiger partial charge >= 0.3 is 0 Å².